The number of amides is 1. The van der Waals surface area contributed by atoms with E-state index in [9.17, 15) is 4.79 Å². The summed E-state index contributed by atoms with van der Waals surface area (Å²) in [5.74, 6) is -0.0445. The van der Waals surface area contributed by atoms with Crippen LogP contribution in [0.15, 0.2) is 18.2 Å². The van der Waals surface area contributed by atoms with Gasteiger partial charge < -0.3 is 11.1 Å². The van der Waals surface area contributed by atoms with Crippen LogP contribution in [-0.4, -0.2) is 11.4 Å². The number of aryl methyl sites for hydroxylation is 1. The molecule has 2 rings (SSSR count). The monoisotopic (exact) mass is 280 g/mol. The first kappa shape index (κ1) is 14.4. The molecule has 3 nitrogen and oxygen atoms in total. The first-order valence-electron chi connectivity index (χ1n) is 6.83. The molecule has 19 heavy (non-hydrogen) atoms. The van der Waals surface area contributed by atoms with E-state index in [1.807, 2.05) is 19.1 Å². The van der Waals surface area contributed by atoms with E-state index < -0.39 is 0 Å². The van der Waals surface area contributed by atoms with Crippen LogP contribution in [0.4, 0.5) is 5.69 Å². The molecule has 1 saturated carbocycles. The van der Waals surface area contributed by atoms with Crippen LogP contribution in [0.3, 0.4) is 0 Å². The van der Waals surface area contributed by atoms with E-state index in [-0.39, 0.29) is 11.4 Å². The van der Waals surface area contributed by atoms with Gasteiger partial charge in [-0.05, 0) is 37.5 Å². The summed E-state index contributed by atoms with van der Waals surface area (Å²) in [6.45, 7) is 1.97. The molecule has 1 aliphatic carbocycles. The number of carbonyl (C=O) groups is 1. The van der Waals surface area contributed by atoms with Gasteiger partial charge in [-0.2, -0.15) is 0 Å². The summed E-state index contributed by atoms with van der Waals surface area (Å²) < 4.78 is 0. The third-order valence-corrected chi connectivity index (χ3v) is 4.09. The Kier molecular flexibility index (Phi) is 4.48. The van der Waals surface area contributed by atoms with E-state index >= 15 is 0 Å². The molecule has 1 aromatic carbocycles. The Hall–Kier alpha value is -1.06. The molecule has 104 valence electrons. The van der Waals surface area contributed by atoms with Gasteiger partial charge in [0.25, 0.3) is 0 Å². The smallest absolute Gasteiger partial charge is 0.226 e. The Bertz CT molecular complexity index is 467. The minimum Gasteiger partial charge on any atom is -0.325 e. The van der Waals surface area contributed by atoms with Gasteiger partial charge in [0.1, 0.15) is 0 Å². The number of halogens is 1. The first-order chi connectivity index (χ1) is 8.98. The highest BCUT2D eigenvalue weighted by molar-refractivity contribution is 6.33. The van der Waals surface area contributed by atoms with Crippen molar-refractivity contribution in [2.24, 2.45) is 5.73 Å². The number of nitrogens with two attached hydrogens (primary N) is 1. The molecule has 0 radical (unpaired) electrons. The zero-order chi connectivity index (χ0) is 13.9. The van der Waals surface area contributed by atoms with Crippen LogP contribution in [0.25, 0.3) is 0 Å². The summed E-state index contributed by atoms with van der Waals surface area (Å²) >= 11 is 6.07. The van der Waals surface area contributed by atoms with Crippen LogP contribution < -0.4 is 11.1 Å². The first-order valence-corrected chi connectivity index (χ1v) is 7.21. The summed E-state index contributed by atoms with van der Waals surface area (Å²) in [5.41, 5.74) is 7.69. The molecule has 0 bridgehead atoms. The second-order valence-corrected chi connectivity index (χ2v) is 6.04. The lowest BCUT2D eigenvalue weighted by Gasteiger charge is -2.32. The minimum absolute atomic E-state index is 0.0445. The van der Waals surface area contributed by atoms with E-state index in [2.05, 4.69) is 5.32 Å². The van der Waals surface area contributed by atoms with Gasteiger partial charge in [-0.1, -0.05) is 36.9 Å². The molecular weight excluding hydrogens is 260 g/mol. The summed E-state index contributed by atoms with van der Waals surface area (Å²) in [4.78, 5) is 12.1. The van der Waals surface area contributed by atoms with Gasteiger partial charge >= 0.3 is 0 Å². The summed E-state index contributed by atoms with van der Waals surface area (Å²) in [6.07, 6.45) is 5.70. The van der Waals surface area contributed by atoms with Crippen molar-refractivity contribution in [2.45, 2.75) is 51.0 Å². The van der Waals surface area contributed by atoms with Crippen LogP contribution in [0.5, 0.6) is 0 Å². The number of nitrogens with one attached hydrogen (secondary N) is 1. The SMILES string of the molecule is Cc1ccc(Cl)c(NC(=O)CC2(N)CCCCC2)c1. The van der Waals surface area contributed by atoms with E-state index in [0.717, 1.165) is 31.2 Å². The van der Waals surface area contributed by atoms with Gasteiger partial charge in [0.05, 0.1) is 10.7 Å². The van der Waals surface area contributed by atoms with Gasteiger partial charge in [0, 0.05) is 12.0 Å². The van der Waals surface area contributed by atoms with Gasteiger partial charge in [-0.15, -0.1) is 0 Å². The fraction of sp³-hybridized carbons (Fsp3) is 0.533. The normalized spacial score (nSPS) is 18.1. The van der Waals surface area contributed by atoms with E-state index in [1.54, 1.807) is 6.07 Å². The molecule has 4 heteroatoms. The lowest BCUT2D eigenvalue weighted by Crippen LogP contribution is -2.44. The van der Waals surface area contributed by atoms with E-state index in [1.165, 1.54) is 6.42 Å². The molecule has 1 aliphatic rings. The molecule has 1 fully saturated rings. The quantitative estimate of drug-likeness (QED) is 0.888. The van der Waals surface area contributed by atoms with Crippen LogP contribution in [0, 0.1) is 6.92 Å². The second kappa shape index (κ2) is 5.93. The highest BCUT2D eigenvalue weighted by Crippen LogP contribution is 2.29. The van der Waals surface area contributed by atoms with Crippen molar-refractivity contribution >= 4 is 23.2 Å². The lowest BCUT2D eigenvalue weighted by atomic mass is 9.80. The van der Waals surface area contributed by atoms with Crippen molar-refractivity contribution in [2.75, 3.05) is 5.32 Å². The van der Waals surface area contributed by atoms with Gasteiger partial charge in [0.15, 0.2) is 0 Å². The maximum absolute atomic E-state index is 12.1. The zero-order valence-electron chi connectivity index (χ0n) is 11.3. The maximum atomic E-state index is 12.1. The van der Waals surface area contributed by atoms with Crippen LogP contribution >= 0.6 is 11.6 Å². The molecular formula is C15H21ClN2O. The van der Waals surface area contributed by atoms with Crippen LogP contribution in [-0.2, 0) is 4.79 Å². The van der Waals surface area contributed by atoms with Crippen molar-refractivity contribution in [1.29, 1.82) is 0 Å². The van der Waals surface area contributed by atoms with Crippen molar-refractivity contribution in [3.63, 3.8) is 0 Å². The van der Waals surface area contributed by atoms with Gasteiger partial charge in [-0.25, -0.2) is 0 Å². The predicted molar refractivity (Wildman–Crippen MR) is 79.4 cm³/mol. The highest BCUT2D eigenvalue weighted by Gasteiger charge is 2.30. The minimum atomic E-state index is -0.335. The largest absolute Gasteiger partial charge is 0.325 e. The Labute approximate surface area is 119 Å². The van der Waals surface area contributed by atoms with Gasteiger partial charge in [-0.3, -0.25) is 4.79 Å². The Morgan fingerprint density at radius 2 is 2.05 bits per heavy atom. The molecule has 0 aromatic heterocycles. The fourth-order valence-electron chi connectivity index (χ4n) is 2.68. The molecule has 1 amide bonds. The maximum Gasteiger partial charge on any atom is 0.226 e. The van der Waals surface area contributed by atoms with E-state index in [4.69, 9.17) is 17.3 Å². The molecule has 0 aliphatic heterocycles. The Morgan fingerprint density at radius 3 is 2.74 bits per heavy atom. The summed E-state index contributed by atoms with van der Waals surface area (Å²) in [5, 5.41) is 3.44. The number of hydrogen-bond donors (Lipinski definition) is 2. The molecule has 0 unspecified atom stereocenters. The number of anilines is 1. The molecule has 0 spiro atoms. The predicted octanol–water partition coefficient (Wildman–Crippen LogP) is 3.64. The van der Waals surface area contributed by atoms with Crippen molar-refractivity contribution in [3.05, 3.63) is 28.8 Å². The molecule has 0 heterocycles. The standard InChI is InChI=1S/C15H21ClN2O/c1-11-5-6-12(16)13(9-11)18-14(19)10-15(17)7-3-2-4-8-15/h5-6,9H,2-4,7-8,10,17H2,1H3,(H,18,19). The Balaban J connectivity index is 1.99. The third kappa shape index (κ3) is 3.95. The van der Waals surface area contributed by atoms with Crippen LogP contribution in [0.1, 0.15) is 44.1 Å². The topological polar surface area (TPSA) is 55.1 Å². The van der Waals surface area contributed by atoms with Crippen molar-refractivity contribution < 1.29 is 4.79 Å². The summed E-state index contributed by atoms with van der Waals surface area (Å²) in [7, 11) is 0. The summed E-state index contributed by atoms with van der Waals surface area (Å²) in [6, 6.07) is 5.60. The molecule has 1 aromatic rings. The lowest BCUT2D eigenvalue weighted by molar-refractivity contribution is -0.117. The van der Waals surface area contributed by atoms with Crippen molar-refractivity contribution in [1.82, 2.24) is 0 Å². The number of carbonyl (C=O) groups excluding carboxylic acids is 1. The number of benzene rings is 1. The Morgan fingerprint density at radius 1 is 1.37 bits per heavy atom. The van der Waals surface area contributed by atoms with Crippen LogP contribution in [0.2, 0.25) is 5.02 Å². The highest BCUT2D eigenvalue weighted by atomic mass is 35.5. The van der Waals surface area contributed by atoms with Crippen molar-refractivity contribution in [3.8, 4) is 0 Å². The number of hydrogen-bond acceptors (Lipinski definition) is 2. The average molecular weight is 281 g/mol. The molecule has 0 atom stereocenters. The third-order valence-electron chi connectivity index (χ3n) is 3.76. The average Bonchev–Trinajstić information content (AvgIpc) is 2.34. The number of rotatable bonds is 3. The fourth-order valence-corrected chi connectivity index (χ4v) is 2.85. The molecule has 3 N–H and O–H groups in total. The molecule has 0 saturated heterocycles. The zero-order valence-corrected chi connectivity index (χ0v) is 12.1. The van der Waals surface area contributed by atoms with Gasteiger partial charge in [0.2, 0.25) is 5.91 Å². The van der Waals surface area contributed by atoms with E-state index in [0.29, 0.717) is 17.1 Å². The second-order valence-electron chi connectivity index (χ2n) is 5.63.